The van der Waals surface area contributed by atoms with Gasteiger partial charge in [0, 0.05) is 17.9 Å². The molecule has 1 heterocycles. The molecule has 0 spiro atoms. The molecule has 1 saturated heterocycles. The molecular weight excluding hydrogens is 258 g/mol. The number of rotatable bonds is 2. The molecule has 1 fully saturated rings. The number of imide groups is 1. The van der Waals surface area contributed by atoms with Crippen LogP contribution in [0.25, 0.3) is 0 Å². The maximum atomic E-state index is 12.4. The Morgan fingerprint density at radius 1 is 1.20 bits per heavy atom. The third kappa shape index (κ3) is 4.32. The van der Waals surface area contributed by atoms with E-state index in [0.717, 1.165) is 0 Å². The van der Waals surface area contributed by atoms with Crippen molar-refractivity contribution in [2.75, 3.05) is 0 Å². The Kier molecular flexibility index (Phi) is 4.62. The average molecular weight is 283 g/mol. The lowest BCUT2D eigenvalue weighted by atomic mass is 9.90. The molecule has 1 atom stereocenters. The van der Waals surface area contributed by atoms with Crippen molar-refractivity contribution in [1.29, 1.82) is 0 Å². The molecule has 114 valence electrons. The Morgan fingerprint density at radius 3 is 2.20 bits per heavy atom. The first-order valence-corrected chi connectivity index (χ1v) is 7.00. The maximum Gasteiger partial charge on any atom is 0.307 e. The van der Waals surface area contributed by atoms with E-state index in [1.54, 1.807) is 20.8 Å². The molecule has 0 bridgehead atoms. The maximum absolute atomic E-state index is 12.4. The molecule has 1 aliphatic rings. The van der Waals surface area contributed by atoms with E-state index in [2.05, 4.69) is 0 Å². The van der Waals surface area contributed by atoms with Gasteiger partial charge in [-0.15, -0.1) is 0 Å². The van der Waals surface area contributed by atoms with Crippen LogP contribution in [0.2, 0.25) is 0 Å². The van der Waals surface area contributed by atoms with Crippen molar-refractivity contribution in [3.63, 3.8) is 0 Å². The highest BCUT2D eigenvalue weighted by Gasteiger charge is 2.41. The number of esters is 1. The molecule has 20 heavy (non-hydrogen) atoms. The molecule has 1 rings (SSSR count). The van der Waals surface area contributed by atoms with Gasteiger partial charge in [-0.25, -0.2) is 0 Å². The molecule has 5 heteroatoms. The van der Waals surface area contributed by atoms with Crippen molar-refractivity contribution < 1.29 is 19.1 Å². The smallest absolute Gasteiger partial charge is 0.307 e. The molecule has 2 amide bonds. The second-order valence-electron chi connectivity index (χ2n) is 7.26. The minimum atomic E-state index is -0.561. The van der Waals surface area contributed by atoms with Gasteiger partial charge in [0.15, 0.2) is 0 Å². The Bertz CT molecular complexity index is 415. The number of hydrogen-bond donors (Lipinski definition) is 0. The third-order valence-electron chi connectivity index (χ3n) is 3.03. The number of likely N-dealkylation sites (tertiary alicyclic amines) is 1. The van der Waals surface area contributed by atoms with Crippen LogP contribution in [0.1, 0.15) is 60.8 Å². The van der Waals surface area contributed by atoms with Crippen LogP contribution in [-0.2, 0) is 19.1 Å². The van der Waals surface area contributed by atoms with Crippen molar-refractivity contribution in [1.82, 2.24) is 4.90 Å². The fourth-order valence-electron chi connectivity index (χ4n) is 2.32. The van der Waals surface area contributed by atoms with Gasteiger partial charge in [0.2, 0.25) is 11.8 Å². The molecule has 5 nitrogen and oxygen atoms in total. The highest BCUT2D eigenvalue weighted by atomic mass is 16.6. The van der Waals surface area contributed by atoms with Gasteiger partial charge in [0.05, 0.1) is 6.42 Å². The molecule has 1 aliphatic heterocycles. The molecule has 0 N–H and O–H groups in total. The lowest BCUT2D eigenvalue weighted by Gasteiger charge is -2.39. The van der Waals surface area contributed by atoms with Gasteiger partial charge < -0.3 is 4.74 Å². The minimum absolute atomic E-state index is 0.0377. The number of amides is 2. The topological polar surface area (TPSA) is 63.7 Å². The molecule has 0 aromatic carbocycles. The quantitative estimate of drug-likeness (QED) is 0.576. The van der Waals surface area contributed by atoms with Crippen molar-refractivity contribution in [2.45, 2.75) is 71.9 Å². The molecule has 0 radical (unpaired) electrons. The summed E-state index contributed by atoms with van der Waals surface area (Å²) in [5, 5.41) is 0. The summed E-state index contributed by atoms with van der Waals surface area (Å²) in [5.41, 5.74) is -1.12. The Balaban J connectivity index is 2.76. The van der Waals surface area contributed by atoms with Gasteiger partial charge in [0.1, 0.15) is 5.60 Å². The second-order valence-corrected chi connectivity index (χ2v) is 7.26. The van der Waals surface area contributed by atoms with Crippen LogP contribution in [0, 0.1) is 5.92 Å². The number of nitrogens with zero attached hydrogens (tertiary/aromatic N) is 1. The molecule has 0 aromatic rings. The normalized spacial score (nSPS) is 21.1. The SMILES string of the molecule is CC(C)(C)OC(=O)CC1CCC(=O)N(C(C)(C)C)C1=O. The molecule has 0 aromatic heterocycles. The van der Waals surface area contributed by atoms with E-state index in [4.69, 9.17) is 4.74 Å². The zero-order valence-electron chi connectivity index (χ0n) is 13.3. The average Bonchev–Trinajstić information content (AvgIpc) is 2.17. The van der Waals surface area contributed by atoms with E-state index in [-0.39, 0.29) is 24.2 Å². The van der Waals surface area contributed by atoms with Gasteiger partial charge in [-0.05, 0) is 48.0 Å². The number of carbonyl (C=O) groups excluding carboxylic acids is 3. The van der Waals surface area contributed by atoms with Crippen LogP contribution in [-0.4, -0.2) is 33.8 Å². The van der Waals surface area contributed by atoms with Gasteiger partial charge >= 0.3 is 5.97 Å². The van der Waals surface area contributed by atoms with Crippen LogP contribution in [0.4, 0.5) is 0 Å². The zero-order chi connectivity index (χ0) is 15.7. The first kappa shape index (κ1) is 16.7. The second kappa shape index (κ2) is 5.54. The summed E-state index contributed by atoms with van der Waals surface area (Å²) in [6, 6.07) is 0. The van der Waals surface area contributed by atoms with Gasteiger partial charge in [-0.3, -0.25) is 19.3 Å². The summed E-state index contributed by atoms with van der Waals surface area (Å²) < 4.78 is 5.24. The summed E-state index contributed by atoms with van der Waals surface area (Å²) in [4.78, 5) is 37.4. The lowest BCUT2D eigenvalue weighted by molar-refractivity contribution is -0.165. The fraction of sp³-hybridized carbons (Fsp3) is 0.800. The summed E-state index contributed by atoms with van der Waals surface area (Å²) in [6.07, 6.45) is 0.760. The summed E-state index contributed by atoms with van der Waals surface area (Å²) >= 11 is 0. The summed E-state index contributed by atoms with van der Waals surface area (Å²) in [6.45, 7) is 10.8. The van der Waals surface area contributed by atoms with Crippen molar-refractivity contribution in [3.8, 4) is 0 Å². The van der Waals surface area contributed by atoms with E-state index < -0.39 is 17.1 Å². The van der Waals surface area contributed by atoms with E-state index in [1.165, 1.54) is 4.90 Å². The predicted octanol–water partition coefficient (Wildman–Crippen LogP) is 2.28. The van der Waals surface area contributed by atoms with Crippen LogP contribution in [0.15, 0.2) is 0 Å². The highest BCUT2D eigenvalue weighted by Crippen LogP contribution is 2.28. The van der Waals surface area contributed by atoms with Gasteiger partial charge in [-0.1, -0.05) is 0 Å². The van der Waals surface area contributed by atoms with Crippen LogP contribution >= 0.6 is 0 Å². The fourth-order valence-corrected chi connectivity index (χ4v) is 2.32. The van der Waals surface area contributed by atoms with E-state index in [0.29, 0.717) is 12.8 Å². The Labute approximate surface area is 120 Å². The van der Waals surface area contributed by atoms with Crippen molar-refractivity contribution in [2.24, 2.45) is 5.92 Å². The molecular formula is C15H25NO4. The van der Waals surface area contributed by atoms with Crippen molar-refractivity contribution >= 4 is 17.8 Å². The van der Waals surface area contributed by atoms with Crippen molar-refractivity contribution in [3.05, 3.63) is 0 Å². The first-order valence-electron chi connectivity index (χ1n) is 7.00. The molecule has 0 aliphatic carbocycles. The third-order valence-corrected chi connectivity index (χ3v) is 3.03. The minimum Gasteiger partial charge on any atom is -0.460 e. The van der Waals surface area contributed by atoms with E-state index >= 15 is 0 Å². The number of piperidine rings is 1. The lowest BCUT2D eigenvalue weighted by Crippen LogP contribution is -2.54. The zero-order valence-corrected chi connectivity index (χ0v) is 13.3. The Morgan fingerprint density at radius 2 is 1.75 bits per heavy atom. The van der Waals surface area contributed by atoms with Gasteiger partial charge in [-0.2, -0.15) is 0 Å². The molecule has 1 unspecified atom stereocenters. The van der Waals surface area contributed by atoms with Crippen LogP contribution < -0.4 is 0 Å². The monoisotopic (exact) mass is 283 g/mol. The van der Waals surface area contributed by atoms with Gasteiger partial charge in [0.25, 0.3) is 0 Å². The molecule has 0 saturated carbocycles. The summed E-state index contributed by atoms with van der Waals surface area (Å²) in [5.74, 6) is -1.27. The standard InChI is InChI=1S/C15H25NO4/c1-14(2,3)16-11(17)8-7-10(13(16)19)9-12(18)20-15(4,5)6/h10H,7-9H2,1-6H3. The summed E-state index contributed by atoms with van der Waals surface area (Å²) in [7, 11) is 0. The number of carbonyl (C=O) groups is 3. The van der Waals surface area contributed by atoms with E-state index in [1.807, 2.05) is 20.8 Å². The first-order chi connectivity index (χ1) is 8.92. The van der Waals surface area contributed by atoms with Crippen LogP contribution in [0.5, 0.6) is 0 Å². The van der Waals surface area contributed by atoms with Crippen LogP contribution in [0.3, 0.4) is 0 Å². The largest absolute Gasteiger partial charge is 0.460 e. The Hall–Kier alpha value is -1.39. The number of ether oxygens (including phenoxy) is 1. The van der Waals surface area contributed by atoms with E-state index in [9.17, 15) is 14.4 Å². The highest BCUT2D eigenvalue weighted by molar-refractivity contribution is 6.00. The number of hydrogen-bond acceptors (Lipinski definition) is 4. The predicted molar refractivity (Wildman–Crippen MR) is 74.8 cm³/mol.